The maximum Gasteiger partial charge on any atom is 0.167 e. The first kappa shape index (κ1) is 10.8. The third-order valence-corrected chi connectivity index (χ3v) is 3.18. The van der Waals surface area contributed by atoms with Gasteiger partial charge in [0, 0.05) is 23.9 Å². The number of carbonyl (C=O) groups excluding carboxylic acids is 1. The third kappa shape index (κ3) is 1.74. The van der Waals surface area contributed by atoms with E-state index in [1.165, 1.54) is 0 Å². The SMILES string of the molecule is COc1ccc2c(c1)/C(=C/c1ccc[nH]1)C(=O)C2. The Morgan fingerprint density at radius 2 is 2.22 bits per heavy atom. The van der Waals surface area contributed by atoms with Crippen molar-refractivity contribution in [2.45, 2.75) is 6.42 Å². The fourth-order valence-corrected chi connectivity index (χ4v) is 2.25. The molecule has 1 aromatic heterocycles. The molecule has 1 aromatic carbocycles. The summed E-state index contributed by atoms with van der Waals surface area (Å²) < 4.78 is 5.21. The van der Waals surface area contributed by atoms with Gasteiger partial charge >= 0.3 is 0 Å². The van der Waals surface area contributed by atoms with Gasteiger partial charge in [-0.2, -0.15) is 0 Å². The Morgan fingerprint density at radius 1 is 1.33 bits per heavy atom. The highest BCUT2D eigenvalue weighted by molar-refractivity contribution is 6.29. The zero-order valence-corrected chi connectivity index (χ0v) is 10.1. The highest BCUT2D eigenvalue weighted by atomic mass is 16.5. The van der Waals surface area contributed by atoms with Crippen molar-refractivity contribution in [2.75, 3.05) is 7.11 Å². The predicted molar refractivity (Wildman–Crippen MR) is 70.4 cm³/mol. The number of Topliss-reactive ketones (excluding diaryl/α,β-unsaturated/α-hetero) is 1. The summed E-state index contributed by atoms with van der Waals surface area (Å²) in [5, 5.41) is 0. The molecule has 0 radical (unpaired) electrons. The maximum absolute atomic E-state index is 12.0. The van der Waals surface area contributed by atoms with Crippen molar-refractivity contribution in [1.29, 1.82) is 0 Å². The van der Waals surface area contributed by atoms with Crippen molar-refractivity contribution in [3.8, 4) is 5.75 Å². The molecule has 0 atom stereocenters. The Morgan fingerprint density at radius 3 is 2.94 bits per heavy atom. The quantitative estimate of drug-likeness (QED) is 0.819. The largest absolute Gasteiger partial charge is 0.497 e. The van der Waals surface area contributed by atoms with Crippen LogP contribution in [0.15, 0.2) is 36.5 Å². The van der Waals surface area contributed by atoms with Crippen LogP contribution in [0, 0.1) is 0 Å². The summed E-state index contributed by atoms with van der Waals surface area (Å²) in [5.41, 5.74) is 3.74. The molecule has 1 aliphatic carbocycles. The molecule has 3 nitrogen and oxygen atoms in total. The van der Waals surface area contributed by atoms with Gasteiger partial charge in [-0.05, 0) is 41.5 Å². The molecule has 0 bridgehead atoms. The number of ether oxygens (including phenoxy) is 1. The molecule has 1 N–H and O–H groups in total. The molecule has 3 rings (SSSR count). The van der Waals surface area contributed by atoms with Crippen molar-refractivity contribution in [1.82, 2.24) is 4.98 Å². The van der Waals surface area contributed by atoms with E-state index in [1.54, 1.807) is 7.11 Å². The molecule has 0 saturated heterocycles. The molecule has 0 saturated carbocycles. The van der Waals surface area contributed by atoms with E-state index < -0.39 is 0 Å². The zero-order chi connectivity index (χ0) is 12.5. The number of methoxy groups -OCH3 is 1. The number of nitrogens with one attached hydrogen (secondary N) is 1. The number of ketones is 1. The second-order valence-electron chi connectivity index (χ2n) is 4.31. The molecule has 3 heteroatoms. The fourth-order valence-electron chi connectivity index (χ4n) is 2.25. The van der Waals surface area contributed by atoms with E-state index in [1.807, 2.05) is 42.6 Å². The van der Waals surface area contributed by atoms with E-state index in [2.05, 4.69) is 4.98 Å². The molecule has 0 spiro atoms. The van der Waals surface area contributed by atoms with Crippen LogP contribution in [-0.2, 0) is 11.2 Å². The second-order valence-corrected chi connectivity index (χ2v) is 4.31. The minimum absolute atomic E-state index is 0.160. The molecule has 2 aromatic rings. The lowest BCUT2D eigenvalue weighted by Gasteiger charge is -2.03. The van der Waals surface area contributed by atoms with Gasteiger partial charge in [-0.3, -0.25) is 4.79 Å². The van der Waals surface area contributed by atoms with Crippen LogP contribution in [-0.4, -0.2) is 17.9 Å². The van der Waals surface area contributed by atoms with Crippen molar-refractivity contribution >= 4 is 17.4 Å². The maximum atomic E-state index is 12.0. The van der Waals surface area contributed by atoms with Crippen LogP contribution >= 0.6 is 0 Å². The van der Waals surface area contributed by atoms with Crippen LogP contribution in [0.1, 0.15) is 16.8 Å². The molecular weight excluding hydrogens is 226 g/mol. The van der Waals surface area contributed by atoms with E-state index >= 15 is 0 Å². The Balaban J connectivity index is 2.10. The molecule has 0 aliphatic heterocycles. The Bertz CT molecular complexity index is 624. The Labute approximate surface area is 105 Å². The average Bonchev–Trinajstić information content (AvgIpc) is 2.99. The van der Waals surface area contributed by atoms with Gasteiger partial charge in [0.15, 0.2) is 5.78 Å². The first-order valence-electron chi connectivity index (χ1n) is 5.83. The summed E-state index contributed by atoms with van der Waals surface area (Å²) in [7, 11) is 1.63. The molecular formula is C15H13NO2. The minimum atomic E-state index is 0.160. The van der Waals surface area contributed by atoms with Gasteiger partial charge in [0.25, 0.3) is 0 Å². The number of benzene rings is 1. The van der Waals surface area contributed by atoms with Crippen molar-refractivity contribution in [2.24, 2.45) is 0 Å². The summed E-state index contributed by atoms with van der Waals surface area (Å²) in [4.78, 5) is 15.1. The summed E-state index contributed by atoms with van der Waals surface area (Å²) in [6, 6.07) is 9.64. The number of rotatable bonds is 2. The van der Waals surface area contributed by atoms with E-state index in [0.29, 0.717) is 6.42 Å². The lowest BCUT2D eigenvalue weighted by molar-refractivity contribution is -0.112. The zero-order valence-electron chi connectivity index (χ0n) is 10.1. The first-order chi connectivity index (χ1) is 8.78. The molecule has 0 unspecified atom stereocenters. The molecule has 18 heavy (non-hydrogen) atoms. The molecule has 0 fully saturated rings. The smallest absolute Gasteiger partial charge is 0.167 e. The van der Waals surface area contributed by atoms with Crippen LogP contribution in [0.3, 0.4) is 0 Å². The number of allylic oxidation sites excluding steroid dienone is 1. The van der Waals surface area contributed by atoms with Gasteiger partial charge in [0.2, 0.25) is 0 Å². The van der Waals surface area contributed by atoms with Crippen LogP contribution < -0.4 is 4.74 Å². The van der Waals surface area contributed by atoms with Gasteiger partial charge in [0.05, 0.1) is 7.11 Å². The topological polar surface area (TPSA) is 42.1 Å². The molecule has 1 heterocycles. The first-order valence-corrected chi connectivity index (χ1v) is 5.83. The average molecular weight is 239 g/mol. The fraction of sp³-hybridized carbons (Fsp3) is 0.133. The summed E-state index contributed by atoms with van der Waals surface area (Å²) >= 11 is 0. The van der Waals surface area contributed by atoms with Crippen LogP contribution in [0.4, 0.5) is 0 Å². The highest BCUT2D eigenvalue weighted by Gasteiger charge is 2.24. The second kappa shape index (κ2) is 4.18. The lowest BCUT2D eigenvalue weighted by atomic mass is 10.1. The molecule has 1 aliphatic rings. The van der Waals surface area contributed by atoms with Gasteiger partial charge in [0.1, 0.15) is 5.75 Å². The Hall–Kier alpha value is -2.29. The van der Waals surface area contributed by atoms with E-state index in [9.17, 15) is 4.79 Å². The monoisotopic (exact) mass is 239 g/mol. The van der Waals surface area contributed by atoms with Crippen LogP contribution in [0.25, 0.3) is 11.6 Å². The predicted octanol–water partition coefficient (Wildman–Crippen LogP) is 2.69. The summed E-state index contributed by atoms with van der Waals surface area (Å²) in [6.07, 6.45) is 4.22. The number of hydrogen-bond donors (Lipinski definition) is 1. The third-order valence-electron chi connectivity index (χ3n) is 3.18. The van der Waals surface area contributed by atoms with Gasteiger partial charge in [-0.15, -0.1) is 0 Å². The number of carbonyl (C=O) groups is 1. The summed E-state index contributed by atoms with van der Waals surface area (Å²) in [6.45, 7) is 0. The van der Waals surface area contributed by atoms with Crippen molar-refractivity contribution < 1.29 is 9.53 Å². The highest BCUT2D eigenvalue weighted by Crippen LogP contribution is 2.33. The molecule has 90 valence electrons. The van der Waals surface area contributed by atoms with Crippen molar-refractivity contribution in [3.63, 3.8) is 0 Å². The number of fused-ring (bicyclic) bond motifs is 1. The summed E-state index contributed by atoms with van der Waals surface area (Å²) in [5.74, 6) is 0.939. The van der Waals surface area contributed by atoms with E-state index in [0.717, 1.165) is 28.1 Å². The van der Waals surface area contributed by atoms with Crippen LogP contribution in [0.2, 0.25) is 0 Å². The van der Waals surface area contributed by atoms with Gasteiger partial charge in [-0.25, -0.2) is 0 Å². The molecule has 0 amide bonds. The lowest BCUT2D eigenvalue weighted by Crippen LogP contribution is -1.93. The number of H-pyrrole nitrogens is 1. The van der Waals surface area contributed by atoms with E-state index in [4.69, 9.17) is 4.74 Å². The van der Waals surface area contributed by atoms with Gasteiger partial charge < -0.3 is 9.72 Å². The standard InChI is InChI=1S/C15H13NO2/c1-18-12-5-4-10-7-15(17)14(13(10)9-12)8-11-3-2-6-16-11/h2-6,8-9,16H,7H2,1H3/b14-8-. The minimum Gasteiger partial charge on any atom is -0.497 e. The number of aromatic nitrogens is 1. The normalized spacial score (nSPS) is 16.1. The van der Waals surface area contributed by atoms with E-state index in [-0.39, 0.29) is 5.78 Å². The number of hydrogen-bond acceptors (Lipinski definition) is 2. The van der Waals surface area contributed by atoms with Crippen LogP contribution in [0.5, 0.6) is 5.75 Å². The van der Waals surface area contributed by atoms with Crippen molar-refractivity contribution in [3.05, 3.63) is 53.3 Å². The number of aromatic amines is 1. The van der Waals surface area contributed by atoms with Gasteiger partial charge in [-0.1, -0.05) is 6.07 Å². The Kier molecular flexibility index (Phi) is 2.52.